The molecular weight excluding hydrogens is 170 g/mol. The standard InChI is InChI=1S/C8H21NO2Si/c1-10-12(3,11-2)8-6-4-5-7-9/h4-9H2,1-3H3. The quantitative estimate of drug-likeness (QED) is 0.490. The van der Waals surface area contributed by atoms with Crippen molar-refractivity contribution in [1.29, 1.82) is 0 Å². The van der Waals surface area contributed by atoms with Gasteiger partial charge in [-0.25, -0.2) is 0 Å². The van der Waals surface area contributed by atoms with Crippen molar-refractivity contribution in [2.75, 3.05) is 20.8 Å². The van der Waals surface area contributed by atoms with E-state index in [0.717, 1.165) is 19.0 Å². The summed E-state index contributed by atoms with van der Waals surface area (Å²) in [7, 11) is 1.68. The number of nitrogens with two attached hydrogens (primary N) is 1. The molecule has 0 rings (SSSR count). The van der Waals surface area contributed by atoms with Crippen LogP contribution in [-0.4, -0.2) is 29.3 Å². The van der Waals surface area contributed by atoms with Crippen molar-refractivity contribution in [2.45, 2.75) is 31.9 Å². The van der Waals surface area contributed by atoms with E-state index in [1.807, 2.05) is 0 Å². The Hall–Kier alpha value is 0.0969. The zero-order valence-corrected chi connectivity index (χ0v) is 9.43. The molecular formula is C8H21NO2Si. The molecule has 0 amide bonds. The summed E-state index contributed by atoms with van der Waals surface area (Å²) in [6.45, 7) is 2.88. The minimum Gasteiger partial charge on any atom is -0.398 e. The zero-order valence-electron chi connectivity index (χ0n) is 8.43. The van der Waals surface area contributed by atoms with Gasteiger partial charge in [-0.1, -0.05) is 12.8 Å². The third kappa shape index (κ3) is 4.87. The number of hydrogen-bond donors (Lipinski definition) is 1. The molecule has 0 atom stereocenters. The number of rotatable bonds is 7. The summed E-state index contributed by atoms with van der Waals surface area (Å²) in [4.78, 5) is 0. The first-order valence-electron chi connectivity index (χ1n) is 4.49. The van der Waals surface area contributed by atoms with E-state index in [0.29, 0.717) is 0 Å². The average molecular weight is 191 g/mol. The fourth-order valence-electron chi connectivity index (χ4n) is 1.05. The van der Waals surface area contributed by atoms with Crippen molar-refractivity contribution >= 4 is 8.56 Å². The average Bonchev–Trinajstić information content (AvgIpc) is 2.12. The van der Waals surface area contributed by atoms with Crippen LogP contribution in [0.1, 0.15) is 19.3 Å². The molecule has 12 heavy (non-hydrogen) atoms. The zero-order chi connectivity index (χ0) is 9.45. The second-order valence-corrected chi connectivity index (χ2v) is 6.73. The van der Waals surface area contributed by atoms with Crippen molar-refractivity contribution in [3.05, 3.63) is 0 Å². The topological polar surface area (TPSA) is 44.5 Å². The molecule has 0 heterocycles. The molecule has 0 bridgehead atoms. The van der Waals surface area contributed by atoms with Crippen LogP contribution >= 0.6 is 0 Å². The van der Waals surface area contributed by atoms with E-state index in [1.165, 1.54) is 12.8 Å². The minimum absolute atomic E-state index is 0.790. The van der Waals surface area contributed by atoms with Gasteiger partial charge in [-0.2, -0.15) is 0 Å². The first-order valence-corrected chi connectivity index (χ1v) is 7.01. The van der Waals surface area contributed by atoms with Crippen LogP contribution in [0.2, 0.25) is 12.6 Å². The van der Waals surface area contributed by atoms with Crippen LogP contribution in [0.3, 0.4) is 0 Å². The molecule has 0 saturated heterocycles. The molecule has 0 fully saturated rings. The molecule has 0 spiro atoms. The Morgan fingerprint density at radius 2 is 1.67 bits per heavy atom. The minimum atomic E-state index is -1.79. The molecule has 74 valence electrons. The summed E-state index contributed by atoms with van der Waals surface area (Å²) in [6, 6.07) is 1.07. The predicted molar refractivity (Wildman–Crippen MR) is 53.3 cm³/mol. The fourth-order valence-corrected chi connectivity index (χ4v) is 2.52. The van der Waals surface area contributed by atoms with Gasteiger partial charge in [-0.05, 0) is 25.6 Å². The van der Waals surface area contributed by atoms with Gasteiger partial charge in [-0.15, -0.1) is 0 Å². The van der Waals surface area contributed by atoms with Crippen LogP contribution in [0.25, 0.3) is 0 Å². The molecule has 2 N–H and O–H groups in total. The second kappa shape index (κ2) is 6.60. The number of unbranched alkanes of at least 4 members (excludes halogenated alkanes) is 2. The highest BCUT2D eigenvalue weighted by Gasteiger charge is 2.27. The summed E-state index contributed by atoms with van der Waals surface area (Å²) < 4.78 is 10.7. The lowest BCUT2D eigenvalue weighted by Gasteiger charge is -2.22. The van der Waals surface area contributed by atoms with Crippen molar-refractivity contribution in [3.63, 3.8) is 0 Å². The molecule has 3 nitrogen and oxygen atoms in total. The van der Waals surface area contributed by atoms with Crippen LogP contribution in [0.5, 0.6) is 0 Å². The molecule has 0 aliphatic heterocycles. The van der Waals surface area contributed by atoms with E-state index < -0.39 is 8.56 Å². The third-order valence-corrected chi connectivity index (χ3v) is 5.19. The molecule has 0 saturated carbocycles. The molecule has 0 aromatic carbocycles. The van der Waals surface area contributed by atoms with Crippen LogP contribution in [-0.2, 0) is 8.85 Å². The highest BCUT2D eigenvalue weighted by molar-refractivity contribution is 6.65. The van der Waals surface area contributed by atoms with Crippen molar-refractivity contribution < 1.29 is 8.85 Å². The Kier molecular flexibility index (Phi) is 6.65. The summed E-state index contributed by atoms with van der Waals surface area (Å²) in [5.41, 5.74) is 5.39. The lowest BCUT2D eigenvalue weighted by atomic mass is 10.2. The molecule has 0 aromatic heterocycles. The lowest BCUT2D eigenvalue weighted by molar-refractivity contribution is 0.248. The van der Waals surface area contributed by atoms with Gasteiger partial charge in [0, 0.05) is 14.2 Å². The monoisotopic (exact) mass is 191 g/mol. The molecule has 4 heteroatoms. The Morgan fingerprint density at radius 3 is 2.08 bits per heavy atom. The van der Waals surface area contributed by atoms with Crippen LogP contribution < -0.4 is 5.73 Å². The molecule has 0 unspecified atom stereocenters. The first-order chi connectivity index (χ1) is 5.68. The van der Waals surface area contributed by atoms with E-state index in [2.05, 4.69) is 6.55 Å². The van der Waals surface area contributed by atoms with Gasteiger partial charge in [0.1, 0.15) is 0 Å². The van der Waals surface area contributed by atoms with Gasteiger partial charge >= 0.3 is 8.56 Å². The molecule has 0 aromatic rings. The second-order valence-electron chi connectivity index (χ2n) is 3.14. The molecule has 0 radical (unpaired) electrons. The van der Waals surface area contributed by atoms with E-state index in [9.17, 15) is 0 Å². The van der Waals surface area contributed by atoms with Gasteiger partial charge in [-0.3, -0.25) is 0 Å². The van der Waals surface area contributed by atoms with Gasteiger partial charge < -0.3 is 14.6 Å². The summed E-state index contributed by atoms with van der Waals surface area (Å²) >= 11 is 0. The Bertz CT molecular complexity index is 107. The largest absolute Gasteiger partial charge is 0.398 e. The van der Waals surface area contributed by atoms with Gasteiger partial charge in [0.15, 0.2) is 0 Å². The Labute approximate surface area is 76.5 Å². The van der Waals surface area contributed by atoms with Gasteiger partial charge in [0.25, 0.3) is 0 Å². The highest BCUT2D eigenvalue weighted by Crippen LogP contribution is 2.15. The predicted octanol–water partition coefficient (Wildman–Crippen LogP) is 1.48. The number of hydrogen-bond acceptors (Lipinski definition) is 3. The summed E-state index contributed by atoms with van der Waals surface area (Å²) in [6.07, 6.45) is 3.46. The lowest BCUT2D eigenvalue weighted by Crippen LogP contribution is -2.35. The molecule has 0 aliphatic rings. The first kappa shape index (κ1) is 12.1. The van der Waals surface area contributed by atoms with Gasteiger partial charge in [0.2, 0.25) is 0 Å². The summed E-state index contributed by atoms with van der Waals surface area (Å²) in [5, 5.41) is 0. The smallest absolute Gasteiger partial charge is 0.334 e. The van der Waals surface area contributed by atoms with Gasteiger partial charge in [0.05, 0.1) is 0 Å². The normalized spacial score (nSPS) is 12.0. The van der Waals surface area contributed by atoms with E-state index >= 15 is 0 Å². The van der Waals surface area contributed by atoms with E-state index in [-0.39, 0.29) is 0 Å². The van der Waals surface area contributed by atoms with Crippen molar-refractivity contribution in [2.24, 2.45) is 5.73 Å². The SMILES string of the molecule is CO[Si](C)(CCCCCN)OC. The van der Waals surface area contributed by atoms with Crippen molar-refractivity contribution in [3.8, 4) is 0 Å². The van der Waals surface area contributed by atoms with Crippen LogP contribution in [0, 0.1) is 0 Å². The maximum Gasteiger partial charge on any atom is 0.334 e. The third-order valence-electron chi connectivity index (χ3n) is 2.20. The summed E-state index contributed by atoms with van der Waals surface area (Å²) in [5.74, 6) is 0. The van der Waals surface area contributed by atoms with Crippen LogP contribution in [0.4, 0.5) is 0 Å². The molecule has 0 aliphatic carbocycles. The maximum atomic E-state index is 5.39. The van der Waals surface area contributed by atoms with Crippen molar-refractivity contribution in [1.82, 2.24) is 0 Å². The maximum absolute atomic E-state index is 5.39. The highest BCUT2D eigenvalue weighted by atomic mass is 28.4. The van der Waals surface area contributed by atoms with Crippen LogP contribution in [0.15, 0.2) is 0 Å². The fraction of sp³-hybridized carbons (Fsp3) is 1.00. The van der Waals surface area contributed by atoms with E-state index in [1.54, 1.807) is 14.2 Å². The Balaban J connectivity index is 3.45. The van der Waals surface area contributed by atoms with E-state index in [4.69, 9.17) is 14.6 Å². The Morgan fingerprint density at radius 1 is 1.08 bits per heavy atom.